The highest BCUT2D eigenvalue weighted by Gasteiger charge is 2.14. The summed E-state index contributed by atoms with van der Waals surface area (Å²) in [4.78, 5) is 2.34. The molecule has 0 aliphatic rings. The van der Waals surface area contributed by atoms with E-state index in [1.165, 1.54) is 0 Å². The Bertz CT molecular complexity index is 971. The predicted molar refractivity (Wildman–Crippen MR) is 179 cm³/mol. The van der Waals surface area contributed by atoms with E-state index in [2.05, 4.69) is 156 Å². The third kappa shape index (κ3) is 10.1. The van der Waals surface area contributed by atoms with Crippen LogP contribution in [0.3, 0.4) is 0 Å². The molecule has 0 saturated heterocycles. The number of anilines is 6. The third-order valence-corrected chi connectivity index (χ3v) is 7.09. The van der Waals surface area contributed by atoms with Crippen LogP contribution in [0.15, 0.2) is 72.8 Å². The lowest BCUT2D eigenvalue weighted by molar-refractivity contribution is 0.539. The van der Waals surface area contributed by atoms with Gasteiger partial charge < -0.3 is 20.9 Å². The minimum absolute atomic E-state index is 0.443. The van der Waals surface area contributed by atoms with Crippen LogP contribution in [-0.2, 0) is 0 Å². The van der Waals surface area contributed by atoms with E-state index in [4.69, 9.17) is 0 Å². The molecule has 4 heteroatoms. The Morgan fingerprint density at radius 1 is 0.400 bits per heavy atom. The summed E-state index contributed by atoms with van der Waals surface area (Å²) in [6.45, 7) is 20.4. The molecule has 0 aliphatic carbocycles. The number of hydrogen-bond donors (Lipinski definition) is 3. The van der Waals surface area contributed by atoms with Gasteiger partial charge in [0.15, 0.2) is 0 Å². The van der Waals surface area contributed by atoms with Crippen LogP contribution in [0.2, 0.25) is 0 Å². The van der Waals surface area contributed by atoms with E-state index in [0.717, 1.165) is 53.4 Å². The van der Waals surface area contributed by atoms with Crippen molar-refractivity contribution in [3.8, 4) is 0 Å². The fourth-order valence-electron chi connectivity index (χ4n) is 5.72. The van der Waals surface area contributed by atoms with Crippen LogP contribution in [-0.4, -0.2) is 18.1 Å². The second-order valence-electron chi connectivity index (χ2n) is 13.0. The van der Waals surface area contributed by atoms with E-state index in [1.807, 2.05) is 0 Å². The molecule has 0 amide bonds. The molecule has 0 saturated carbocycles. The highest BCUT2D eigenvalue weighted by atomic mass is 15.1. The number of benzene rings is 3. The number of rotatable bonds is 15. The van der Waals surface area contributed by atoms with Gasteiger partial charge in [-0.3, -0.25) is 0 Å². The minimum Gasteiger partial charge on any atom is -0.383 e. The van der Waals surface area contributed by atoms with Gasteiger partial charge in [0.1, 0.15) is 0 Å². The largest absolute Gasteiger partial charge is 0.383 e. The van der Waals surface area contributed by atoms with E-state index < -0.39 is 0 Å². The molecule has 40 heavy (non-hydrogen) atoms. The zero-order valence-corrected chi connectivity index (χ0v) is 26.5. The molecular formula is C36H54N4. The quantitative estimate of drug-likeness (QED) is 0.179. The maximum absolute atomic E-state index is 3.66. The zero-order valence-electron chi connectivity index (χ0n) is 26.5. The summed E-state index contributed by atoms with van der Waals surface area (Å²) >= 11 is 0. The Morgan fingerprint density at radius 2 is 0.625 bits per heavy atom. The van der Waals surface area contributed by atoms with Crippen molar-refractivity contribution in [3.63, 3.8) is 0 Å². The smallest absolute Gasteiger partial charge is 0.0463 e. The van der Waals surface area contributed by atoms with Crippen molar-refractivity contribution in [2.75, 3.05) is 20.9 Å². The summed E-state index contributed by atoms with van der Waals surface area (Å²) in [7, 11) is 0. The molecule has 0 spiro atoms. The molecule has 3 aromatic carbocycles. The number of nitrogens with one attached hydrogen (secondary N) is 3. The van der Waals surface area contributed by atoms with Crippen LogP contribution < -0.4 is 20.9 Å². The van der Waals surface area contributed by atoms with Gasteiger partial charge in [0.05, 0.1) is 0 Å². The topological polar surface area (TPSA) is 39.3 Å². The first-order valence-electron chi connectivity index (χ1n) is 15.4. The van der Waals surface area contributed by atoms with Crippen molar-refractivity contribution >= 4 is 34.1 Å². The molecule has 3 atom stereocenters. The van der Waals surface area contributed by atoms with Gasteiger partial charge in [0, 0.05) is 52.2 Å². The monoisotopic (exact) mass is 542 g/mol. The maximum atomic E-state index is 3.66. The predicted octanol–water partition coefficient (Wildman–Crippen LogP) is 10.7. The second kappa shape index (κ2) is 15.0. The Morgan fingerprint density at radius 3 is 0.825 bits per heavy atom. The van der Waals surface area contributed by atoms with E-state index in [-0.39, 0.29) is 0 Å². The number of hydrogen-bond acceptors (Lipinski definition) is 4. The van der Waals surface area contributed by atoms with E-state index >= 15 is 0 Å². The molecule has 3 rings (SSSR count). The van der Waals surface area contributed by atoms with Crippen LogP contribution in [0.4, 0.5) is 34.1 Å². The summed E-state index contributed by atoms with van der Waals surface area (Å²) in [5.41, 5.74) is 6.91. The van der Waals surface area contributed by atoms with Gasteiger partial charge in [-0.05, 0) is 131 Å². The van der Waals surface area contributed by atoms with Gasteiger partial charge in [0.25, 0.3) is 0 Å². The lowest BCUT2D eigenvalue weighted by Gasteiger charge is -2.27. The SMILES string of the molecule is CC(C)CC(C)Nc1ccc(N(c2ccc(NC(C)CC(C)C)cc2)c2ccc(NC(C)CC(C)C)cc2)cc1. The van der Waals surface area contributed by atoms with Gasteiger partial charge >= 0.3 is 0 Å². The van der Waals surface area contributed by atoms with Crippen molar-refractivity contribution in [2.24, 2.45) is 17.8 Å². The number of nitrogens with zero attached hydrogens (tertiary/aromatic N) is 1. The van der Waals surface area contributed by atoms with Gasteiger partial charge in [-0.15, -0.1) is 0 Å². The lowest BCUT2D eigenvalue weighted by Crippen LogP contribution is -2.18. The first-order valence-corrected chi connectivity index (χ1v) is 15.4. The summed E-state index contributed by atoms with van der Waals surface area (Å²) in [6, 6.07) is 27.9. The van der Waals surface area contributed by atoms with Crippen LogP contribution in [0.1, 0.15) is 81.6 Å². The molecular weight excluding hydrogens is 488 g/mol. The van der Waals surface area contributed by atoms with Crippen LogP contribution in [0, 0.1) is 17.8 Å². The Hall–Kier alpha value is -3.14. The average molecular weight is 543 g/mol. The first-order chi connectivity index (χ1) is 19.0. The van der Waals surface area contributed by atoms with Crippen molar-refractivity contribution in [3.05, 3.63) is 72.8 Å². The summed E-state index contributed by atoms with van der Waals surface area (Å²) in [6.07, 6.45) is 3.46. The Balaban J connectivity index is 1.86. The van der Waals surface area contributed by atoms with E-state index in [0.29, 0.717) is 35.9 Å². The Kier molecular flexibility index (Phi) is 11.8. The van der Waals surface area contributed by atoms with Crippen molar-refractivity contribution in [2.45, 2.75) is 99.7 Å². The van der Waals surface area contributed by atoms with Gasteiger partial charge in [-0.25, -0.2) is 0 Å². The van der Waals surface area contributed by atoms with Crippen LogP contribution in [0.5, 0.6) is 0 Å². The van der Waals surface area contributed by atoms with E-state index in [1.54, 1.807) is 0 Å². The highest BCUT2D eigenvalue weighted by molar-refractivity contribution is 5.78. The summed E-state index contributed by atoms with van der Waals surface area (Å²) in [5, 5.41) is 11.0. The van der Waals surface area contributed by atoms with Crippen LogP contribution in [0.25, 0.3) is 0 Å². The molecule has 4 nitrogen and oxygen atoms in total. The Labute approximate surface area is 245 Å². The molecule has 3 N–H and O–H groups in total. The standard InChI is InChI=1S/C36H54N4/c1-25(2)22-28(7)37-31-10-16-34(17-11-31)40(35-18-12-32(13-19-35)38-29(8)23-26(3)4)36-20-14-33(15-21-36)39-30(9)24-27(5)6/h10-21,25-30,37-39H,22-24H2,1-9H3. The minimum atomic E-state index is 0.443. The molecule has 0 radical (unpaired) electrons. The molecule has 0 aromatic heterocycles. The maximum Gasteiger partial charge on any atom is 0.0463 e. The molecule has 3 aromatic rings. The molecule has 0 heterocycles. The van der Waals surface area contributed by atoms with Crippen molar-refractivity contribution < 1.29 is 0 Å². The lowest BCUT2D eigenvalue weighted by atomic mass is 10.0. The normalized spacial score (nSPS) is 13.8. The van der Waals surface area contributed by atoms with Crippen LogP contribution >= 0.6 is 0 Å². The van der Waals surface area contributed by atoms with Crippen molar-refractivity contribution in [1.29, 1.82) is 0 Å². The molecule has 3 unspecified atom stereocenters. The summed E-state index contributed by atoms with van der Waals surface area (Å²) in [5.74, 6) is 2.02. The van der Waals surface area contributed by atoms with Crippen molar-refractivity contribution in [1.82, 2.24) is 0 Å². The highest BCUT2D eigenvalue weighted by Crippen LogP contribution is 2.36. The molecule has 0 bridgehead atoms. The molecule has 218 valence electrons. The van der Waals surface area contributed by atoms with E-state index in [9.17, 15) is 0 Å². The van der Waals surface area contributed by atoms with Gasteiger partial charge in [0.2, 0.25) is 0 Å². The average Bonchev–Trinajstić information content (AvgIpc) is 2.86. The molecule has 0 aliphatic heterocycles. The zero-order chi connectivity index (χ0) is 29.2. The third-order valence-electron chi connectivity index (χ3n) is 7.09. The molecule has 0 fully saturated rings. The second-order valence-corrected chi connectivity index (χ2v) is 13.0. The summed E-state index contributed by atoms with van der Waals surface area (Å²) < 4.78 is 0. The van der Waals surface area contributed by atoms with Gasteiger partial charge in [-0.2, -0.15) is 0 Å². The fraction of sp³-hybridized carbons (Fsp3) is 0.500. The van der Waals surface area contributed by atoms with Gasteiger partial charge in [-0.1, -0.05) is 41.5 Å². The fourth-order valence-corrected chi connectivity index (χ4v) is 5.72. The first kappa shape index (κ1) is 31.4.